The van der Waals surface area contributed by atoms with Crippen LogP contribution in [0.1, 0.15) is 30.5 Å². The molecule has 1 aliphatic rings. The van der Waals surface area contributed by atoms with E-state index in [0.717, 1.165) is 10.6 Å². The number of rotatable bonds is 3. The van der Waals surface area contributed by atoms with E-state index in [1.165, 1.54) is 82.7 Å². The normalized spacial score (nSPS) is 12.6. The lowest BCUT2D eigenvalue weighted by molar-refractivity contribution is 0.661. The van der Waals surface area contributed by atoms with E-state index in [2.05, 4.69) is 173 Å². The van der Waals surface area contributed by atoms with E-state index in [1.807, 2.05) is 24.3 Å². The summed E-state index contributed by atoms with van der Waals surface area (Å²) in [5.74, 6) is 0. The largest absolute Gasteiger partial charge is 0.398 e. The molecule has 8 aromatic rings. The third kappa shape index (κ3) is 5.47. The van der Waals surface area contributed by atoms with Gasteiger partial charge in [-0.15, -0.1) is 12.6 Å². The Labute approximate surface area is 300 Å². The van der Waals surface area contributed by atoms with Gasteiger partial charge in [-0.3, -0.25) is 0 Å². The van der Waals surface area contributed by atoms with Crippen LogP contribution >= 0.6 is 12.6 Å². The van der Waals surface area contributed by atoms with Gasteiger partial charge in [0.25, 0.3) is 0 Å². The summed E-state index contributed by atoms with van der Waals surface area (Å²) in [6.07, 6.45) is 0. The fraction of sp³-hybridized carbons (Fsp3) is 0.0833. The van der Waals surface area contributed by atoms with Gasteiger partial charge in [0.05, 0.1) is 0 Å². The van der Waals surface area contributed by atoms with Gasteiger partial charge in [-0.05, 0) is 114 Å². The Bertz CT molecular complexity index is 2490. The lowest BCUT2D eigenvalue weighted by atomic mass is 9.79. The first-order valence-electron chi connectivity index (χ1n) is 17.2. The average molecular weight is 662 g/mol. The van der Waals surface area contributed by atoms with Gasteiger partial charge in [0.2, 0.25) is 0 Å². The highest BCUT2D eigenvalue weighted by atomic mass is 32.1. The molecule has 0 fully saturated rings. The molecule has 0 aliphatic heterocycles. The molecule has 0 aromatic heterocycles. The van der Waals surface area contributed by atoms with Gasteiger partial charge in [-0.25, -0.2) is 0 Å². The molecule has 0 heterocycles. The highest BCUT2D eigenvalue weighted by Gasteiger charge is 2.36. The number of nitrogens with two attached hydrogens (primary N) is 1. The molecule has 0 amide bonds. The Morgan fingerprint density at radius 3 is 1.50 bits per heavy atom. The molecule has 242 valence electrons. The Morgan fingerprint density at radius 1 is 0.440 bits per heavy atom. The first-order chi connectivity index (χ1) is 24.3. The van der Waals surface area contributed by atoms with Crippen molar-refractivity contribution in [3.8, 4) is 44.5 Å². The molecular formula is C48H39NS. The molecule has 0 spiro atoms. The van der Waals surface area contributed by atoms with Crippen molar-refractivity contribution in [2.45, 2.75) is 31.1 Å². The minimum atomic E-state index is -0.119. The molecule has 2 heteroatoms. The van der Waals surface area contributed by atoms with Gasteiger partial charge in [0, 0.05) is 16.0 Å². The fourth-order valence-corrected chi connectivity index (χ4v) is 7.81. The van der Waals surface area contributed by atoms with E-state index in [1.54, 1.807) is 0 Å². The maximum absolute atomic E-state index is 5.44. The van der Waals surface area contributed by atoms with E-state index >= 15 is 0 Å². The summed E-state index contributed by atoms with van der Waals surface area (Å²) in [5.41, 5.74) is 20.5. The highest BCUT2D eigenvalue weighted by molar-refractivity contribution is 7.80. The Hall–Kier alpha value is -5.57. The number of nitrogen functional groups attached to an aromatic ring is 1. The topological polar surface area (TPSA) is 26.0 Å². The predicted molar refractivity (Wildman–Crippen MR) is 218 cm³/mol. The monoisotopic (exact) mass is 661 g/mol. The van der Waals surface area contributed by atoms with Gasteiger partial charge in [0.15, 0.2) is 0 Å². The Morgan fingerprint density at radius 2 is 0.940 bits per heavy atom. The Balaban J connectivity index is 0.000000400. The lowest BCUT2D eigenvalue weighted by Gasteiger charge is -2.24. The fourth-order valence-electron chi connectivity index (χ4n) is 7.65. The molecule has 1 aliphatic carbocycles. The summed E-state index contributed by atoms with van der Waals surface area (Å²) < 4.78 is 0. The number of benzene rings is 8. The van der Waals surface area contributed by atoms with Gasteiger partial charge >= 0.3 is 0 Å². The molecule has 0 radical (unpaired) electrons. The summed E-state index contributed by atoms with van der Waals surface area (Å²) in [6, 6.07) is 59.2. The maximum Gasteiger partial charge on any atom is 0.0449 e. The average Bonchev–Trinajstić information content (AvgIpc) is 3.37. The molecule has 8 aromatic carbocycles. The second-order valence-corrected chi connectivity index (χ2v) is 14.3. The van der Waals surface area contributed by atoms with E-state index < -0.39 is 0 Å². The number of para-hydroxylation sites is 1. The van der Waals surface area contributed by atoms with Gasteiger partial charge in [0.1, 0.15) is 0 Å². The lowest BCUT2D eigenvalue weighted by Crippen LogP contribution is -2.15. The van der Waals surface area contributed by atoms with Crippen LogP contribution in [0, 0.1) is 6.92 Å². The highest BCUT2D eigenvalue weighted by Crippen LogP contribution is 2.53. The third-order valence-electron chi connectivity index (χ3n) is 10.3. The number of anilines is 1. The molecule has 0 bridgehead atoms. The van der Waals surface area contributed by atoms with Crippen molar-refractivity contribution >= 4 is 39.9 Å². The standard InChI is InChI=1S/C42H32.C6H7NS/c1-27-18-20-28(21-19-27)31-22-23-32-35-25-36-37(26-39(35)42(2,3)38(32)24-31)41(30-14-8-5-9-15-30)34-17-11-10-16-33(34)40(36)29-12-6-4-7-13-29;7-5-3-1-2-4-6(5)8/h4-26H,1-3H3;1-4,8H,7H2. The summed E-state index contributed by atoms with van der Waals surface area (Å²) in [5, 5.41) is 5.22. The maximum atomic E-state index is 5.44. The number of hydrogen-bond donors (Lipinski definition) is 2. The zero-order chi connectivity index (χ0) is 34.4. The Kier molecular flexibility index (Phi) is 8.05. The molecule has 0 atom stereocenters. The van der Waals surface area contributed by atoms with E-state index in [9.17, 15) is 0 Å². The van der Waals surface area contributed by atoms with Gasteiger partial charge in [-0.2, -0.15) is 0 Å². The van der Waals surface area contributed by atoms with Crippen molar-refractivity contribution in [3.05, 3.63) is 180 Å². The van der Waals surface area contributed by atoms with Crippen molar-refractivity contribution in [3.63, 3.8) is 0 Å². The van der Waals surface area contributed by atoms with E-state index in [0.29, 0.717) is 0 Å². The quantitative estimate of drug-likeness (QED) is 0.110. The zero-order valence-corrected chi connectivity index (χ0v) is 29.5. The number of fused-ring (bicyclic) bond motifs is 5. The summed E-state index contributed by atoms with van der Waals surface area (Å²) in [6.45, 7) is 6.93. The number of thiol groups is 1. The first-order valence-corrected chi connectivity index (χ1v) is 17.6. The van der Waals surface area contributed by atoms with E-state index in [-0.39, 0.29) is 5.41 Å². The van der Waals surface area contributed by atoms with Gasteiger partial charge < -0.3 is 5.73 Å². The summed E-state index contributed by atoms with van der Waals surface area (Å²) in [7, 11) is 0. The van der Waals surface area contributed by atoms with Crippen molar-refractivity contribution in [2.75, 3.05) is 5.73 Å². The van der Waals surface area contributed by atoms with E-state index in [4.69, 9.17) is 5.73 Å². The third-order valence-corrected chi connectivity index (χ3v) is 10.7. The zero-order valence-electron chi connectivity index (χ0n) is 28.6. The first kappa shape index (κ1) is 31.7. The van der Waals surface area contributed by atoms with Crippen LogP contribution in [0.2, 0.25) is 0 Å². The van der Waals surface area contributed by atoms with Crippen molar-refractivity contribution < 1.29 is 0 Å². The molecule has 2 N–H and O–H groups in total. The predicted octanol–water partition coefficient (Wildman–Crippen LogP) is 13.2. The SMILES string of the molecule is Cc1ccc(-c2ccc3c(c2)C(C)(C)c2cc4c(-c5ccccc5)c5ccccc5c(-c5ccccc5)c4cc2-3)cc1.Nc1ccccc1S. The molecule has 9 rings (SSSR count). The summed E-state index contributed by atoms with van der Waals surface area (Å²) >= 11 is 4.07. The second kappa shape index (κ2) is 12.7. The number of hydrogen-bond acceptors (Lipinski definition) is 2. The van der Waals surface area contributed by atoms with Crippen LogP contribution in [-0.4, -0.2) is 0 Å². The van der Waals surface area contributed by atoms with Crippen molar-refractivity contribution in [1.82, 2.24) is 0 Å². The summed E-state index contributed by atoms with van der Waals surface area (Å²) in [4.78, 5) is 0.840. The van der Waals surface area contributed by atoms with Crippen LogP contribution in [0.15, 0.2) is 169 Å². The molecular weight excluding hydrogens is 623 g/mol. The molecule has 0 saturated heterocycles. The molecule has 50 heavy (non-hydrogen) atoms. The minimum Gasteiger partial charge on any atom is -0.398 e. The van der Waals surface area contributed by atoms with Crippen LogP contribution in [0.4, 0.5) is 5.69 Å². The van der Waals surface area contributed by atoms with Crippen LogP contribution in [0.25, 0.3) is 66.1 Å². The van der Waals surface area contributed by atoms with Crippen molar-refractivity contribution in [1.29, 1.82) is 0 Å². The minimum absolute atomic E-state index is 0.119. The smallest absolute Gasteiger partial charge is 0.0449 e. The van der Waals surface area contributed by atoms with Crippen LogP contribution < -0.4 is 5.73 Å². The van der Waals surface area contributed by atoms with Crippen molar-refractivity contribution in [2.24, 2.45) is 0 Å². The van der Waals surface area contributed by atoms with Crippen LogP contribution in [-0.2, 0) is 5.41 Å². The molecule has 0 unspecified atom stereocenters. The van der Waals surface area contributed by atoms with Crippen LogP contribution in [0.5, 0.6) is 0 Å². The van der Waals surface area contributed by atoms with Crippen LogP contribution in [0.3, 0.4) is 0 Å². The molecule has 1 nitrogen and oxygen atoms in total. The molecule has 0 saturated carbocycles. The number of aryl methyl sites for hydroxylation is 1. The van der Waals surface area contributed by atoms with Gasteiger partial charge in [-0.1, -0.05) is 153 Å². The second-order valence-electron chi connectivity index (χ2n) is 13.8.